The summed E-state index contributed by atoms with van der Waals surface area (Å²) in [7, 11) is 0. The van der Waals surface area contributed by atoms with E-state index in [1.54, 1.807) is 22.7 Å². The second-order valence-corrected chi connectivity index (χ2v) is 8.65. The van der Waals surface area contributed by atoms with Crippen molar-refractivity contribution >= 4 is 45.6 Å². The van der Waals surface area contributed by atoms with Gasteiger partial charge in [0.1, 0.15) is 11.7 Å². The van der Waals surface area contributed by atoms with Crippen molar-refractivity contribution in [2.45, 2.75) is 32.4 Å². The quantitative estimate of drug-likeness (QED) is 0.582. The average Bonchev–Trinajstić information content (AvgIpc) is 3.45. The molecule has 1 aliphatic rings. The molecule has 3 aromatic rings. The van der Waals surface area contributed by atoms with Crippen LogP contribution in [0.5, 0.6) is 0 Å². The van der Waals surface area contributed by atoms with Gasteiger partial charge in [0.15, 0.2) is 5.13 Å². The van der Waals surface area contributed by atoms with Crippen LogP contribution >= 0.6 is 22.9 Å². The number of nitrogens with one attached hydrogen (secondary N) is 2. The predicted molar refractivity (Wildman–Crippen MR) is 122 cm³/mol. The zero-order chi connectivity index (χ0) is 21.8. The fourth-order valence-corrected chi connectivity index (χ4v) is 4.38. The number of anilines is 2. The van der Waals surface area contributed by atoms with E-state index in [9.17, 15) is 9.59 Å². The van der Waals surface area contributed by atoms with Crippen LogP contribution < -0.4 is 10.6 Å². The maximum absolute atomic E-state index is 13.1. The van der Waals surface area contributed by atoms with Crippen molar-refractivity contribution < 1.29 is 9.59 Å². The number of benzene rings is 1. The molecule has 1 atom stereocenters. The highest BCUT2D eigenvalue weighted by atomic mass is 35.5. The summed E-state index contributed by atoms with van der Waals surface area (Å²) >= 11 is 7.42. The third kappa shape index (κ3) is 5.03. The Balaban J connectivity index is 1.41. The van der Waals surface area contributed by atoms with E-state index < -0.39 is 6.04 Å². The van der Waals surface area contributed by atoms with E-state index in [4.69, 9.17) is 11.6 Å². The number of pyridine rings is 1. The van der Waals surface area contributed by atoms with Crippen LogP contribution in [0.25, 0.3) is 0 Å². The molecular weight excluding hydrogens is 434 g/mol. The van der Waals surface area contributed by atoms with Gasteiger partial charge in [0.25, 0.3) is 5.91 Å². The van der Waals surface area contributed by atoms with E-state index in [-0.39, 0.29) is 11.8 Å². The number of carbonyl (C=O) groups excluding carboxylic acids is 2. The molecular formula is C22H22ClN5O2S. The van der Waals surface area contributed by atoms with Crippen molar-refractivity contribution in [2.75, 3.05) is 11.9 Å². The number of amides is 2. The topological polar surface area (TPSA) is 87.2 Å². The molecule has 7 nitrogen and oxygen atoms in total. The van der Waals surface area contributed by atoms with Gasteiger partial charge in [0, 0.05) is 41.6 Å². The minimum atomic E-state index is -0.488. The molecule has 1 aliphatic heterocycles. The van der Waals surface area contributed by atoms with Crippen molar-refractivity contribution in [2.24, 2.45) is 0 Å². The molecule has 0 spiro atoms. The molecule has 31 heavy (non-hydrogen) atoms. The minimum Gasteiger partial charge on any atom is -0.350 e. The average molecular weight is 456 g/mol. The lowest BCUT2D eigenvalue weighted by molar-refractivity contribution is -0.125. The van der Waals surface area contributed by atoms with Crippen molar-refractivity contribution in [1.82, 2.24) is 20.2 Å². The Morgan fingerprint density at radius 1 is 1.32 bits per heavy atom. The first-order valence-electron chi connectivity index (χ1n) is 9.97. The molecule has 4 rings (SSSR count). The number of likely N-dealkylation sites (tertiary alicyclic amines) is 1. The molecule has 9 heteroatoms. The summed E-state index contributed by atoms with van der Waals surface area (Å²) < 4.78 is 0. The Bertz CT molecular complexity index is 1090. The molecule has 160 valence electrons. The molecule has 0 bridgehead atoms. The van der Waals surface area contributed by atoms with Crippen LogP contribution in [-0.4, -0.2) is 39.3 Å². The number of carbonyl (C=O) groups is 2. The lowest BCUT2D eigenvalue weighted by Gasteiger charge is -2.23. The van der Waals surface area contributed by atoms with Crippen molar-refractivity contribution in [3.05, 3.63) is 69.9 Å². The first-order valence-corrected chi connectivity index (χ1v) is 11.2. The minimum absolute atomic E-state index is 0.155. The number of nitrogens with zero attached hydrogens (tertiary/aromatic N) is 3. The normalized spacial score (nSPS) is 15.7. The van der Waals surface area contributed by atoms with Gasteiger partial charge in [-0.3, -0.25) is 14.6 Å². The Labute approximate surface area is 189 Å². The molecule has 0 radical (unpaired) electrons. The van der Waals surface area contributed by atoms with Gasteiger partial charge in [0.05, 0.1) is 0 Å². The van der Waals surface area contributed by atoms with Gasteiger partial charge in [-0.25, -0.2) is 4.98 Å². The zero-order valence-corrected chi connectivity index (χ0v) is 18.5. The van der Waals surface area contributed by atoms with Crippen LogP contribution in [0.4, 0.5) is 10.8 Å². The Morgan fingerprint density at radius 2 is 2.19 bits per heavy atom. The van der Waals surface area contributed by atoms with Gasteiger partial charge in [-0.1, -0.05) is 23.7 Å². The Morgan fingerprint density at radius 3 is 3.00 bits per heavy atom. The number of rotatable bonds is 6. The predicted octanol–water partition coefficient (Wildman–Crippen LogP) is 4.16. The highest BCUT2D eigenvalue weighted by Crippen LogP contribution is 2.27. The fourth-order valence-electron chi connectivity index (χ4n) is 3.51. The molecule has 1 saturated heterocycles. The third-order valence-electron chi connectivity index (χ3n) is 5.17. The van der Waals surface area contributed by atoms with E-state index in [1.807, 2.05) is 37.3 Å². The van der Waals surface area contributed by atoms with E-state index in [1.165, 1.54) is 11.3 Å². The molecule has 3 heterocycles. The standard InChI is InChI=1S/C22H22ClN5O2S/c1-14-6-7-16(23)10-17(14)26-22-27-18(13-31-22)21(30)28-9-3-5-19(28)20(29)25-12-15-4-2-8-24-11-15/h2,4,6-8,10-11,13,19H,3,5,9,12H2,1H3,(H,25,29)(H,26,27). The van der Waals surface area contributed by atoms with Crippen LogP contribution in [0.3, 0.4) is 0 Å². The van der Waals surface area contributed by atoms with Gasteiger partial charge in [0.2, 0.25) is 5.91 Å². The Kier molecular flexibility index (Phi) is 6.48. The summed E-state index contributed by atoms with van der Waals surface area (Å²) in [5.41, 5.74) is 3.12. The SMILES string of the molecule is Cc1ccc(Cl)cc1Nc1nc(C(=O)N2CCCC2C(=O)NCc2cccnc2)cs1. The van der Waals surface area contributed by atoms with Gasteiger partial charge < -0.3 is 15.5 Å². The molecule has 2 aromatic heterocycles. The molecule has 1 fully saturated rings. The smallest absolute Gasteiger partial charge is 0.274 e. The first-order chi connectivity index (χ1) is 15.0. The van der Waals surface area contributed by atoms with E-state index >= 15 is 0 Å². The summed E-state index contributed by atoms with van der Waals surface area (Å²) in [5.74, 6) is -0.385. The molecule has 2 amide bonds. The Hall–Kier alpha value is -2.97. The van der Waals surface area contributed by atoms with Crippen LogP contribution in [0.1, 0.15) is 34.5 Å². The fraction of sp³-hybridized carbons (Fsp3) is 0.273. The monoisotopic (exact) mass is 455 g/mol. The number of aromatic nitrogens is 2. The number of aryl methyl sites for hydroxylation is 1. The number of hydrogen-bond donors (Lipinski definition) is 2. The summed E-state index contributed by atoms with van der Waals surface area (Å²) in [6.45, 7) is 2.89. The lowest BCUT2D eigenvalue weighted by Crippen LogP contribution is -2.45. The van der Waals surface area contributed by atoms with E-state index in [0.29, 0.717) is 35.4 Å². The van der Waals surface area contributed by atoms with Crippen LogP contribution in [0.15, 0.2) is 48.1 Å². The van der Waals surface area contributed by atoms with E-state index in [0.717, 1.165) is 23.2 Å². The highest BCUT2D eigenvalue weighted by molar-refractivity contribution is 7.14. The summed E-state index contributed by atoms with van der Waals surface area (Å²) in [4.78, 5) is 35.9. The molecule has 2 N–H and O–H groups in total. The van der Waals surface area contributed by atoms with Crippen molar-refractivity contribution in [3.8, 4) is 0 Å². The largest absolute Gasteiger partial charge is 0.350 e. The first kappa shape index (κ1) is 21.3. The number of thiazole rings is 1. The van der Waals surface area contributed by atoms with Gasteiger partial charge >= 0.3 is 0 Å². The van der Waals surface area contributed by atoms with Gasteiger partial charge in [-0.2, -0.15) is 0 Å². The summed E-state index contributed by atoms with van der Waals surface area (Å²) in [6.07, 6.45) is 4.83. The van der Waals surface area contributed by atoms with Crippen molar-refractivity contribution in [3.63, 3.8) is 0 Å². The second-order valence-electron chi connectivity index (χ2n) is 7.36. The van der Waals surface area contributed by atoms with Crippen LogP contribution in [0, 0.1) is 6.92 Å². The molecule has 1 unspecified atom stereocenters. The van der Waals surface area contributed by atoms with E-state index in [2.05, 4.69) is 20.6 Å². The second kappa shape index (κ2) is 9.45. The number of halogens is 1. The maximum atomic E-state index is 13.1. The molecule has 0 aliphatic carbocycles. The third-order valence-corrected chi connectivity index (χ3v) is 6.16. The maximum Gasteiger partial charge on any atom is 0.274 e. The summed E-state index contributed by atoms with van der Waals surface area (Å²) in [5, 5.41) is 9.07. The van der Waals surface area contributed by atoms with Crippen molar-refractivity contribution in [1.29, 1.82) is 0 Å². The molecule has 1 aromatic carbocycles. The zero-order valence-electron chi connectivity index (χ0n) is 17.0. The lowest BCUT2D eigenvalue weighted by atomic mass is 10.2. The van der Waals surface area contributed by atoms with Gasteiger partial charge in [-0.05, 0) is 49.1 Å². The van der Waals surface area contributed by atoms with Gasteiger partial charge in [-0.15, -0.1) is 11.3 Å². The highest BCUT2D eigenvalue weighted by Gasteiger charge is 2.35. The number of hydrogen-bond acceptors (Lipinski definition) is 6. The van der Waals surface area contributed by atoms with Crippen LogP contribution in [0.2, 0.25) is 5.02 Å². The van der Waals surface area contributed by atoms with Crippen LogP contribution in [-0.2, 0) is 11.3 Å². The molecule has 0 saturated carbocycles. The summed E-state index contributed by atoms with van der Waals surface area (Å²) in [6, 6.07) is 8.80.